The molecule has 1 atom stereocenters. The Morgan fingerprint density at radius 2 is 2.17 bits per heavy atom. The molecule has 2 N–H and O–H groups in total. The molecule has 6 nitrogen and oxygen atoms in total. The number of rotatable bonds is 4. The Morgan fingerprint density at radius 3 is 2.78 bits per heavy atom. The number of nitrogens with one attached hydrogen (secondary N) is 2. The summed E-state index contributed by atoms with van der Waals surface area (Å²) in [6, 6.07) is 0.357. The number of hydrogen-bond acceptors (Lipinski definition) is 4. The maximum atomic E-state index is 11.8. The van der Waals surface area contributed by atoms with Crippen molar-refractivity contribution in [2.45, 2.75) is 38.6 Å². The molecule has 1 saturated heterocycles. The summed E-state index contributed by atoms with van der Waals surface area (Å²) in [5, 5.41) is 6.66. The molecule has 2 heterocycles. The first-order valence-electron chi connectivity index (χ1n) is 6.54. The second kappa shape index (κ2) is 5.95. The molecular formula is C12H20N4O2. The standard InChI is InChI=1S/C12H20N4O2/c1-9(16-6-2-3-7-16)8-13-12(18)10-4-5-11(17)15-14-10/h9H,2-8H2,1H3,(H,13,18)(H,15,17). The number of carbonyl (C=O) groups excluding carboxylic acids is 2. The van der Waals surface area contributed by atoms with Crippen molar-refractivity contribution >= 4 is 17.5 Å². The monoisotopic (exact) mass is 252 g/mol. The number of nitrogens with zero attached hydrogens (tertiary/aromatic N) is 2. The fourth-order valence-electron chi connectivity index (χ4n) is 2.29. The Kier molecular flexibility index (Phi) is 4.30. The van der Waals surface area contributed by atoms with Crippen LogP contribution in [0.25, 0.3) is 0 Å². The van der Waals surface area contributed by atoms with Crippen LogP contribution in [0.4, 0.5) is 0 Å². The van der Waals surface area contributed by atoms with Crippen molar-refractivity contribution in [2.24, 2.45) is 5.10 Å². The summed E-state index contributed by atoms with van der Waals surface area (Å²) in [5.41, 5.74) is 2.75. The Hall–Kier alpha value is -1.43. The van der Waals surface area contributed by atoms with Crippen molar-refractivity contribution in [2.75, 3.05) is 19.6 Å². The molecule has 1 fully saturated rings. The molecule has 0 aromatic rings. The lowest BCUT2D eigenvalue weighted by atomic mass is 10.1. The van der Waals surface area contributed by atoms with Crippen molar-refractivity contribution in [1.29, 1.82) is 0 Å². The van der Waals surface area contributed by atoms with Gasteiger partial charge in [0.05, 0.1) is 0 Å². The Labute approximate surface area is 107 Å². The van der Waals surface area contributed by atoms with E-state index in [4.69, 9.17) is 0 Å². The molecule has 2 amide bonds. The van der Waals surface area contributed by atoms with E-state index in [-0.39, 0.29) is 11.8 Å². The molecular weight excluding hydrogens is 232 g/mol. The second-order valence-electron chi connectivity index (χ2n) is 4.90. The van der Waals surface area contributed by atoms with E-state index in [0.29, 0.717) is 31.1 Å². The number of carbonyl (C=O) groups is 2. The minimum absolute atomic E-state index is 0.128. The molecule has 100 valence electrons. The van der Waals surface area contributed by atoms with E-state index in [1.807, 2.05) is 0 Å². The molecule has 0 aliphatic carbocycles. The van der Waals surface area contributed by atoms with Crippen molar-refractivity contribution in [3.63, 3.8) is 0 Å². The molecule has 0 aromatic heterocycles. The third-order valence-electron chi connectivity index (χ3n) is 3.49. The zero-order chi connectivity index (χ0) is 13.0. The lowest BCUT2D eigenvalue weighted by Gasteiger charge is -2.24. The summed E-state index contributed by atoms with van der Waals surface area (Å²) in [4.78, 5) is 25.1. The largest absolute Gasteiger partial charge is 0.349 e. The zero-order valence-corrected chi connectivity index (χ0v) is 10.7. The number of hydrazone groups is 1. The SMILES string of the molecule is CC(CNC(=O)C1=NNC(=O)CC1)N1CCCC1. The first-order chi connectivity index (χ1) is 8.66. The molecule has 1 unspecified atom stereocenters. The van der Waals surface area contributed by atoms with E-state index >= 15 is 0 Å². The van der Waals surface area contributed by atoms with Crippen LogP contribution in [0.3, 0.4) is 0 Å². The Morgan fingerprint density at radius 1 is 1.44 bits per heavy atom. The van der Waals surface area contributed by atoms with Gasteiger partial charge >= 0.3 is 0 Å². The van der Waals surface area contributed by atoms with Gasteiger partial charge in [-0.1, -0.05) is 0 Å². The third kappa shape index (κ3) is 3.29. The van der Waals surface area contributed by atoms with Crippen molar-refractivity contribution in [3.8, 4) is 0 Å². The second-order valence-corrected chi connectivity index (χ2v) is 4.90. The van der Waals surface area contributed by atoms with Gasteiger partial charge in [0, 0.05) is 25.4 Å². The van der Waals surface area contributed by atoms with Crippen LogP contribution in [0.1, 0.15) is 32.6 Å². The molecule has 2 aliphatic heterocycles. The summed E-state index contributed by atoms with van der Waals surface area (Å²) < 4.78 is 0. The molecule has 0 aromatic carbocycles. The lowest BCUT2D eigenvalue weighted by molar-refractivity contribution is -0.121. The predicted molar refractivity (Wildman–Crippen MR) is 68.1 cm³/mol. The van der Waals surface area contributed by atoms with Crippen LogP contribution in [-0.2, 0) is 9.59 Å². The van der Waals surface area contributed by atoms with Gasteiger partial charge in [-0.05, 0) is 32.9 Å². The Balaban J connectivity index is 1.75. The van der Waals surface area contributed by atoms with Gasteiger partial charge in [-0.2, -0.15) is 5.10 Å². The van der Waals surface area contributed by atoms with Gasteiger partial charge in [-0.25, -0.2) is 5.43 Å². The van der Waals surface area contributed by atoms with Gasteiger partial charge < -0.3 is 5.32 Å². The molecule has 0 bridgehead atoms. The van der Waals surface area contributed by atoms with Gasteiger partial charge in [0.2, 0.25) is 5.91 Å². The summed E-state index contributed by atoms with van der Waals surface area (Å²) in [5.74, 6) is -0.293. The number of hydrogen-bond donors (Lipinski definition) is 2. The molecule has 0 radical (unpaired) electrons. The van der Waals surface area contributed by atoms with Gasteiger partial charge in [0.15, 0.2) is 0 Å². The van der Waals surface area contributed by atoms with E-state index in [2.05, 4.69) is 27.7 Å². The van der Waals surface area contributed by atoms with Crippen LogP contribution in [0.2, 0.25) is 0 Å². The molecule has 2 aliphatic rings. The quantitative estimate of drug-likeness (QED) is 0.731. The smallest absolute Gasteiger partial charge is 0.267 e. The average molecular weight is 252 g/mol. The van der Waals surface area contributed by atoms with E-state index in [1.54, 1.807) is 0 Å². The van der Waals surface area contributed by atoms with Crippen LogP contribution < -0.4 is 10.7 Å². The maximum Gasteiger partial charge on any atom is 0.267 e. The summed E-state index contributed by atoms with van der Waals surface area (Å²) in [6.45, 7) is 4.99. The van der Waals surface area contributed by atoms with Crippen molar-refractivity contribution < 1.29 is 9.59 Å². The first kappa shape index (κ1) is 13.0. The van der Waals surface area contributed by atoms with Crippen LogP contribution in [0, 0.1) is 0 Å². The van der Waals surface area contributed by atoms with E-state index in [0.717, 1.165) is 13.1 Å². The average Bonchev–Trinajstić information content (AvgIpc) is 2.90. The summed E-state index contributed by atoms with van der Waals surface area (Å²) >= 11 is 0. The molecule has 6 heteroatoms. The zero-order valence-electron chi connectivity index (χ0n) is 10.7. The minimum Gasteiger partial charge on any atom is -0.349 e. The van der Waals surface area contributed by atoms with E-state index in [9.17, 15) is 9.59 Å². The minimum atomic E-state index is -0.166. The topological polar surface area (TPSA) is 73.8 Å². The highest BCUT2D eigenvalue weighted by molar-refractivity contribution is 6.39. The third-order valence-corrected chi connectivity index (χ3v) is 3.49. The maximum absolute atomic E-state index is 11.8. The molecule has 2 rings (SSSR count). The summed E-state index contributed by atoms with van der Waals surface area (Å²) in [7, 11) is 0. The number of likely N-dealkylation sites (tertiary alicyclic amines) is 1. The van der Waals surface area contributed by atoms with Crippen LogP contribution in [0.5, 0.6) is 0 Å². The van der Waals surface area contributed by atoms with Crippen LogP contribution >= 0.6 is 0 Å². The predicted octanol–water partition coefficient (Wildman–Crippen LogP) is -0.147. The highest BCUT2D eigenvalue weighted by Crippen LogP contribution is 2.10. The van der Waals surface area contributed by atoms with Gasteiger partial charge in [0.25, 0.3) is 5.91 Å². The van der Waals surface area contributed by atoms with E-state index < -0.39 is 0 Å². The van der Waals surface area contributed by atoms with Gasteiger partial charge in [0.1, 0.15) is 5.71 Å². The van der Waals surface area contributed by atoms with Crippen LogP contribution in [-0.4, -0.2) is 48.1 Å². The highest BCUT2D eigenvalue weighted by Gasteiger charge is 2.21. The summed E-state index contributed by atoms with van der Waals surface area (Å²) in [6.07, 6.45) is 3.26. The van der Waals surface area contributed by atoms with Crippen molar-refractivity contribution in [1.82, 2.24) is 15.6 Å². The molecule has 0 saturated carbocycles. The van der Waals surface area contributed by atoms with Gasteiger partial charge in [-0.15, -0.1) is 0 Å². The highest BCUT2D eigenvalue weighted by atomic mass is 16.2. The fourth-order valence-corrected chi connectivity index (χ4v) is 2.29. The normalized spacial score (nSPS) is 22.3. The van der Waals surface area contributed by atoms with Crippen molar-refractivity contribution in [3.05, 3.63) is 0 Å². The van der Waals surface area contributed by atoms with Crippen LogP contribution in [0.15, 0.2) is 5.10 Å². The number of amides is 2. The Bertz CT molecular complexity index is 361. The van der Waals surface area contributed by atoms with Gasteiger partial charge in [-0.3, -0.25) is 14.5 Å². The fraction of sp³-hybridized carbons (Fsp3) is 0.750. The first-order valence-corrected chi connectivity index (χ1v) is 6.54. The van der Waals surface area contributed by atoms with E-state index in [1.165, 1.54) is 12.8 Å². The molecule has 18 heavy (non-hydrogen) atoms. The lowest BCUT2D eigenvalue weighted by Crippen LogP contribution is -2.44. The molecule has 0 spiro atoms.